The predicted octanol–water partition coefficient (Wildman–Crippen LogP) is -4.11. The van der Waals surface area contributed by atoms with Crippen molar-refractivity contribution in [2.24, 2.45) is 0 Å². The standard InChI is InChI=1S/C2H5.CH3.8Al.7O.8H/c1-2;;;;;;;;;;;;;;;;;;;;;;;;/h1H2,2H3;1H3;;;;;;;;;;;;;;;;;;;;;;;. The molecular weight excluding hydrogens is 364 g/mol. The second kappa shape index (κ2) is 19.0. The number of hydrogen-bond acceptors (Lipinski definition) is 7. The Morgan fingerprint density at radius 1 is 0.833 bits per heavy atom. The maximum atomic E-state index is 5.63. The van der Waals surface area contributed by atoms with Gasteiger partial charge in [0.2, 0.25) is 0 Å². The van der Waals surface area contributed by atoms with Crippen LogP contribution in [0.4, 0.5) is 0 Å². The fourth-order valence-electron chi connectivity index (χ4n) is 0.771. The third-order valence-corrected chi connectivity index (χ3v) is 13.5. The summed E-state index contributed by atoms with van der Waals surface area (Å²) in [6.07, 6.45) is 0. The highest BCUT2D eigenvalue weighted by molar-refractivity contribution is 6.57. The van der Waals surface area contributed by atoms with Crippen molar-refractivity contribution < 1.29 is 19.9 Å². The van der Waals surface area contributed by atoms with Crippen LogP contribution in [-0.4, -0.2) is 126 Å². The van der Waals surface area contributed by atoms with Crippen molar-refractivity contribution in [3.8, 4) is 0 Å². The molecular formula is C3H16Al8O7. The highest BCUT2D eigenvalue weighted by Crippen LogP contribution is 1.90. The molecule has 0 spiro atoms. The molecule has 0 rings (SSSR count). The maximum Gasteiger partial charge on any atom is 0.590 e. The fourth-order valence-corrected chi connectivity index (χ4v) is 13.5. The molecule has 0 heterocycles. The van der Waals surface area contributed by atoms with Gasteiger partial charge in [-0.2, -0.15) is 0 Å². The van der Waals surface area contributed by atoms with E-state index in [1.54, 1.807) is 0 Å². The van der Waals surface area contributed by atoms with Gasteiger partial charge in [-0.25, -0.2) is 0 Å². The van der Waals surface area contributed by atoms with Crippen LogP contribution in [0.15, 0.2) is 0 Å². The summed E-state index contributed by atoms with van der Waals surface area (Å²) in [7, 11) is 0. The summed E-state index contributed by atoms with van der Waals surface area (Å²) >= 11 is -5.05. The fraction of sp³-hybridized carbons (Fsp3) is 1.00. The van der Waals surface area contributed by atoms with E-state index in [1.165, 1.54) is 5.28 Å². The van der Waals surface area contributed by atoms with Crippen LogP contribution in [0.25, 0.3) is 0 Å². The molecule has 0 aromatic rings. The van der Waals surface area contributed by atoms with Crippen molar-refractivity contribution in [1.29, 1.82) is 0 Å². The van der Waals surface area contributed by atoms with Gasteiger partial charge in [-0.05, 0) is 0 Å². The van der Waals surface area contributed by atoms with Crippen molar-refractivity contribution in [3.05, 3.63) is 0 Å². The van der Waals surface area contributed by atoms with E-state index in [9.17, 15) is 0 Å². The Morgan fingerprint density at radius 3 is 1.72 bits per heavy atom. The summed E-state index contributed by atoms with van der Waals surface area (Å²) in [5.41, 5.74) is 0. The van der Waals surface area contributed by atoms with Crippen molar-refractivity contribution in [2.75, 3.05) is 0 Å². The van der Waals surface area contributed by atoms with Crippen LogP contribution in [0.3, 0.4) is 0 Å². The van der Waals surface area contributed by atoms with Gasteiger partial charge in [0.05, 0.1) is 0 Å². The lowest BCUT2D eigenvalue weighted by Gasteiger charge is -2.08. The SMILES string of the molecule is C[CH2][Al]([CH3])[O][AlH][O][AlH][O][AlH][O][AlH][O][AlH][O][AlH][O][AlH2]. The van der Waals surface area contributed by atoms with Crippen LogP contribution >= 0.6 is 0 Å². The molecule has 7 nitrogen and oxygen atoms in total. The van der Waals surface area contributed by atoms with Gasteiger partial charge in [0.1, 0.15) is 0 Å². The topological polar surface area (TPSA) is 64.6 Å². The molecule has 0 saturated heterocycles. The quantitative estimate of drug-likeness (QED) is 0.224. The zero-order valence-electron chi connectivity index (χ0n) is 11.4. The first-order valence-corrected chi connectivity index (χ1v) is 16.0. The summed E-state index contributed by atoms with van der Waals surface area (Å²) in [4.78, 5) is 0. The van der Waals surface area contributed by atoms with Gasteiger partial charge in [0.15, 0.2) is 0 Å². The van der Waals surface area contributed by atoms with Gasteiger partial charge < -0.3 is 19.9 Å². The Labute approximate surface area is 162 Å². The molecule has 0 amide bonds. The van der Waals surface area contributed by atoms with Gasteiger partial charge in [0.25, 0.3) is 0 Å². The Kier molecular flexibility index (Phi) is 23.2. The Balaban J connectivity index is 2.94. The molecule has 0 fully saturated rings. The van der Waals surface area contributed by atoms with E-state index >= 15 is 0 Å². The molecule has 0 bridgehead atoms. The molecule has 0 aliphatic heterocycles. The lowest BCUT2D eigenvalue weighted by molar-refractivity contribution is 0.371. The van der Waals surface area contributed by atoms with Crippen molar-refractivity contribution in [3.63, 3.8) is 0 Å². The zero-order valence-corrected chi connectivity index (χ0v) is 23.0. The zero-order chi connectivity index (χ0) is 13.5. The summed E-state index contributed by atoms with van der Waals surface area (Å²) in [5.74, 6) is 2.19. The minimum Gasteiger partial charge on any atom is -0.623 e. The summed E-state index contributed by atoms with van der Waals surface area (Å²) in [5, 5.41) is 1.17. The van der Waals surface area contributed by atoms with Crippen LogP contribution in [0.5, 0.6) is 0 Å². The first-order valence-electron chi connectivity index (χ1n) is 5.80. The van der Waals surface area contributed by atoms with Gasteiger partial charge in [0, 0.05) is 0 Å². The molecule has 0 aromatic carbocycles. The third kappa shape index (κ3) is 18.0. The smallest absolute Gasteiger partial charge is 0.590 e. The molecule has 15 heteroatoms. The van der Waals surface area contributed by atoms with E-state index in [4.69, 9.17) is 19.9 Å². The summed E-state index contributed by atoms with van der Waals surface area (Å²) < 4.78 is 37.4. The lowest BCUT2D eigenvalue weighted by Crippen LogP contribution is -2.22. The maximum absolute atomic E-state index is 5.63. The van der Waals surface area contributed by atoms with E-state index in [0.717, 1.165) is 16.6 Å². The first kappa shape index (κ1) is 22.0. The molecule has 18 heavy (non-hydrogen) atoms. The van der Waals surface area contributed by atoms with Gasteiger partial charge >= 0.3 is 126 Å². The van der Waals surface area contributed by atoms with E-state index in [1.807, 2.05) is 0 Å². The Morgan fingerprint density at radius 2 is 1.28 bits per heavy atom. The van der Waals surface area contributed by atoms with E-state index in [2.05, 4.69) is 12.7 Å². The minimum absolute atomic E-state index is 0.715. The minimum atomic E-state index is -0.909. The van der Waals surface area contributed by atoms with Crippen LogP contribution < -0.4 is 0 Å². The summed E-state index contributed by atoms with van der Waals surface area (Å²) in [6.45, 7) is 2.16. The monoisotopic (exact) mass is 380 g/mol. The molecule has 0 radical (unpaired) electrons. The number of hydrogen-bond donors (Lipinski definition) is 0. The van der Waals surface area contributed by atoms with E-state index < -0.39 is 110 Å². The van der Waals surface area contributed by atoms with Crippen molar-refractivity contribution in [1.82, 2.24) is 0 Å². The highest BCUT2D eigenvalue weighted by atomic mass is 27.3. The molecule has 0 saturated carbocycles. The third-order valence-electron chi connectivity index (χ3n) is 1.88. The molecule has 94 valence electrons. The number of rotatable bonds is 14. The molecule has 0 atom stereocenters. The molecule has 0 aliphatic carbocycles. The van der Waals surface area contributed by atoms with Crippen LogP contribution in [0, 0.1) is 0 Å². The van der Waals surface area contributed by atoms with Crippen molar-refractivity contribution >= 4 is 126 Å². The van der Waals surface area contributed by atoms with E-state index in [0.29, 0.717) is 0 Å². The first-order chi connectivity index (χ1) is 8.81. The molecule has 0 aliphatic rings. The largest absolute Gasteiger partial charge is 0.623 e. The van der Waals surface area contributed by atoms with E-state index in [-0.39, 0.29) is 0 Å². The second-order valence-electron chi connectivity index (χ2n) is 3.40. The van der Waals surface area contributed by atoms with Crippen LogP contribution in [0.2, 0.25) is 11.1 Å². The van der Waals surface area contributed by atoms with Crippen molar-refractivity contribution in [2.45, 2.75) is 18.0 Å². The van der Waals surface area contributed by atoms with Crippen LogP contribution in [-0.2, 0) is 19.9 Å². The lowest BCUT2D eigenvalue weighted by atomic mass is 11.0. The van der Waals surface area contributed by atoms with Crippen LogP contribution in [0.1, 0.15) is 6.92 Å². The summed E-state index contributed by atoms with van der Waals surface area (Å²) in [6, 6.07) is 0. The predicted molar refractivity (Wildman–Crippen MR) is 81.1 cm³/mol. The molecule has 0 aromatic heterocycles. The highest BCUT2D eigenvalue weighted by Gasteiger charge is 2.11. The van der Waals surface area contributed by atoms with Gasteiger partial charge in [-0.15, -0.1) is 0 Å². The van der Waals surface area contributed by atoms with Gasteiger partial charge in [-0.3, -0.25) is 0 Å². The van der Waals surface area contributed by atoms with Gasteiger partial charge in [-0.1, -0.05) is 18.0 Å². The molecule has 0 N–H and O–H groups in total. The average molecular weight is 380 g/mol. The average Bonchev–Trinajstić information content (AvgIpc) is 2.39. The second-order valence-corrected chi connectivity index (χ2v) is 19.1. The Hall–Kier alpha value is 3.98. The molecule has 0 unspecified atom stereocenters. The normalized spacial score (nSPS) is 9.44. The Bertz CT molecular complexity index is 166.